The number of amides is 1. The molecule has 4 heterocycles. The minimum Gasteiger partial charge on any atom is -0.458 e. The fourth-order valence-corrected chi connectivity index (χ4v) is 4.22. The summed E-state index contributed by atoms with van der Waals surface area (Å²) in [7, 11) is 0. The minimum absolute atomic E-state index is 0.155. The number of carbonyl (C=O) groups is 1. The smallest absolute Gasteiger partial charge is 0.433 e. The largest absolute Gasteiger partial charge is 0.458 e. The lowest BCUT2D eigenvalue weighted by Crippen LogP contribution is -2.39. The molecule has 0 spiro atoms. The summed E-state index contributed by atoms with van der Waals surface area (Å²) in [6.07, 6.45) is -1.71. The highest BCUT2D eigenvalue weighted by molar-refractivity contribution is 6.04. The highest BCUT2D eigenvalue weighted by Gasteiger charge is 2.37. The van der Waals surface area contributed by atoms with Crippen LogP contribution in [0.5, 0.6) is 0 Å². The van der Waals surface area contributed by atoms with Gasteiger partial charge in [-0.2, -0.15) is 18.3 Å². The second-order valence-corrected chi connectivity index (χ2v) is 7.86. The Morgan fingerprint density at radius 2 is 2.03 bits per heavy atom. The topological polar surface area (TPSA) is 63.6 Å². The lowest BCUT2D eigenvalue weighted by Gasteiger charge is -2.32. The Bertz CT molecular complexity index is 1290. The predicted molar refractivity (Wildman–Crippen MR) is 107 cm³/mol. The molecule has 1 amide bonds. The van der Waals surface area contributed by atoms with Gasteiger partial charge in [-0.25, -0.2) is 9.50 Å². The van der Waals surface area contributed by atoms with E-state index in [1.54, 1.807) is 11.8 Å². The SMILES string of the molecule is Cc1cc2nc(C3CCCN(C(=O)c4occ5ccccc45)C3)cc(C(F)(F)F)n2n1. The standard InChI is InChI=1S/C22H19F3N4O2/c1-13-9-19-26-17(10-18(22(23,24)25)29(19)27-13)14-6-4-8-28(11-14)21(30)20-16-7-3-2-5-15(16)12-31-20/h2-3,5,7,9-10,12,14H,4,6,8,11H2,1H3. The van der Waals surface area contributed by atoms with Gasteiger partial charge in [0, 0.05) is 41.5 Å². The molecule has 31 heavy (non-hydrogen) atoms. The first kappa shape index (κ1) is 19.6. The van der Waals surface area contributed by atoms with Crippen LogP contribution >= 0.6 is 0 Å². The molecular weight excluding hydrogens is 409 g/mol. The molecule has 0 aliphatic carbocycles. The maximum Gasteiger partial charge on any atom is 0.433 e. The summed E-state index contributed by atoms with van der Waals surface area (Å²) in [5.41, 5.74) is 0.0747. The summed E-state index contributed by atoms with van der Waals surface area (Å²) in [4.78, 5) is 19.2. The molecule has 1 saturated heterocycles. The van der Waals surface area contributed by atoms with Crippen LogP contribution in [0.3, 0.4) is 0 Å². The number of fused-ring (bicyclic) bond motifs is 2. The normalized spacial score (nSPS) is 17.5. The van der Waals surface area contributed by atoms with Gasteiger partial charge in [-0.3, -0.25) is 4.79 Å². The number of rotatable bonds is 2. The number of nitrogens with zero attached hydrogens (tertiary/aromatic N) is 4. The maximum absolute atomic E-state index is 13.6. The first-order chi connectivity index (χ1) is 14.8. The van der Waals surface area contributed by atoms with Crippen molar-refractivity contribution in [1.82, 2.24) is 19.5 Å². The zero-order valence-electron chi connectivity index (χ0n) is 16.7. The van der Waals surface area contributed by atoms with Crippen molar-refractivity contribution in [2.75, 3.05) is 13.1 Å². The molecule has 1 fully saturated rings. The highest BCUT2D eigenvalue weighted by atomic mass is 19.4. The van der Waals surface area contributed by atoms with Gasteiger partial charge in [-0.05, 0) is 25.8 Å². The van der Waals surface area contributed by atoms with Crippen molar-refractivity contribution < 1.29 is 22.4 Å². The Balaban J connectivity index is 1.48. The fourth-order valence-electron chi connectivity index (χ4n) is 4.22. The maximum atomic E-state index is 13.6. The van der Waals surface area contributed by atoms with Gasteiger partial charge in [0.05, 0.1) is 12.0 Å². The van der Waals surface area contributed by atoms with Crippen molar-refractivity contribution in [3.8, 4) is 0 Å². The van der Waals surface area contributed by atoms with Crippen molar-refractivity contribution in [3.63, 3.8) is 0 Å². The van der Waals surface area contributed by atoms with Crippen molar-refractivity contribution >= 4 is 22.3 Å². The van der Waals surface area contributed by atoms with Crippen molar-refractivity contribution in [2.45, 2.75) is 31.9 Å². The molecule has 0 saturated carbocycles. The third kappa shape index (κ3) is 3.43. The van der Waals surface area contributed by atoms with E-state index in [-0.39, 0.29) is 29.8 Å². The third-order valence-electron chi connectivity index (χ3n) is 5.69. The fraction of sp³-hybridized carbons (Fsp3) is 0.318. The quantitative estimate of drug-likeness (QED) is 0.459. The number of carbonyl (C=O) groups excluding carboxylic acids is 1. The summed E-state index contributed by atoms with van der Waals surface area (Å²) < 4.78 is 47.3. The van der Waals surface area contributed by atoms with E-state index in [9.17, 15) is 18.0 Å². The Labute approximate surface area is 175 Å². The molecular formula is C22H19F3N4O2. The molecule has 0 N–H and O–H groups in total. The van der Waals surface area contributed by atoms with Gasteiger partial charge in [0.15, 0.2) is 11.4 Å². The number of piperidine rings is 1. The van der Waals surface area contributed by atoms with Crippen LogP contribution in [0, 0.1) is 6.92 Å². The van der Waals surface area contributed by atoms with Crippen molar-refractivity contribution in [1.29, 1.82) is 0 Å². The van der Waals surface area contributed by atoms with Gasteiger partial charge < -0.3 is 9.32 Å². The molecule has 6 nitrogen and oxygen atoms in total. The molecule has 0 radical (unpaired) electrons. The Hall–Kier alpha value is -3.36. The molecule has 1 unspecified atom stereocenters. The van der Waals surface area contributed by atoms with Crippen molar-refractivity contribution in [2.24, 2.45) is 0 Å². The molecule has 4 aromatic rings. The van der Waals surface area contributed by atoms with Crippen LogP contribution in [0.4, 0.5) is 13.2 Å². The first-order valence-corrected chi connectivity index (χ1v) is 10.0. The average Bonchev–Trinajstić information content (AvgIpc) is 3.34. The van der Waals surface area contributed by atoms with E-state index in [1.165, 1.54) is 12.3 Å². The predicted octanol–water partition coefficient (Wildman–Crippen LogP) is 4.82. The average molecular weight is 428 g/mol. The number of hydrogen-bond donors (Lipinski definition) is 0. The lowest BCUT2D eigenvalue weighted by molar-refractivity contribution is -0.142. The van der Waals surface area contributed by atoms with E-state index in [4.69, 9.17) is 4.42 Å². The van der Waals surface area contributed by atoms with E-state index in [2.05, 4.69) is 10.1 Å². The number of likely N-dealkylation sites (tertiary alicyclic amines) is 1. The number of hydrogen-bond acceptors (Lipinski definition) is 4. The second kappa shape index (κ2) is 7.11. The van der Waals surface area contributed by atoms with E-state index in [0.29, 0.717) is 30.8 Å². The first-order valence-electron chi connectivity index (χ1n) is 10.0. The van der Waals surface area contributed by atoms with Crippen LogP contribution in [0.2, 0.25) is 0 Å². The monoisotopic (exact) mass is 428 g/mol. The van der Waals surface area contributed by atoms with Gasteiger partial charge in [0.25, 0.3) is 5.91 Å². The van der Waals surface area contributed by atoms with Crippen molar-refractivity contribution in [3.05, 3.63) is 65.5 Å². The highest BCUT2D eigenvalue weighted by Crippen LogP contribution is 2.34. The molecule has 5 rings (SSSR count). The molecule has 1 atom stereocenters. The van der Waals surface area contributed by atoms with Crippen LogP contribution in [0.15, 0.2) is 47.1 Å². The summed E-state index contributed by atoms with van der Waals surface area (Å²) in [5, 5.41) is 5.49. The number of furan rings is 1. The minimum atomic E-state index is -4.56. The molecule has 9 heteroatoms. The molecule has 1 aromatic carbocycles. The zero-order chi connectivity index (χ0) is 21.8. The Kier molecular flexibility index (Phi) is 4.49. The van der Waals surface area contributed by atoms with E-state index in [0.717, 1.165) is 21.4 Å². The summed E-state index contributed by atoms with van der Waals surface area (Å²) in [5.74, 6) is -0.314. The number of aromatic nitrogens is 3. The van der Waals surface area contributed by atoms with Gasteiger partial charge in [-0.1, -0.05) is 24.3 Å². The van der Waals surface area contributed by atoms with Crippen LogP contribution < -0.4 is 0 Å². The van der Waals surface area contributed by atoms with Crippen LogP contribution in [-0.4, -0.2) is 38.5 Å². The molecule has 3 aromatic heterocycles. The third-order valence-corrected chi connectivity index (χ3v) is 5.69. The summed E-state index contributed by atoms with van der Waals surface area (Å²) in [6.45, 7) is 2.43. The summed E-state index contributed by atoms with van der Waals surface area (Å²) in [6, 6.07) is 9.96. The Morgan fingerprint density at radius 1 is 1.23 bits per heavy atom. The van der Waals surface area contributed by atoms with Crippen LogP contribution in [-0.2, 0) is 6.18 Å². The number of benzene rings is 1. The number of halogens is 3. The second-order valence-electron chi connectivity index (χ2n) is 7.86. The number of alkyl halides is 3. The number of aryl methyl sites for hydroxylation is 1. The van der Waals surface area contributed by atoms with E-state index < -0.39 is 11.9 Å². The van der Waals surface area contributed by atoms with E-state index in [1.807, 2.05) is 24.3 Å². The molecule has 1 aliphatic rings. The Morgan fingerprint density at radius 3 is 2.84 bits per heavy atom. The molecule has 0 bridgehead atoms. The zero-order valence-corrected chi connectivity index (χ0v) is 16.7. The molecule has 160 valence electrons. The van der Waals surface area contributed by atoms with Gasteiger partial charge in [0.2, 0.25) is 0 Å². The van der Waals surface area contributed by atoms with Crippen LogP contribution in [0.25, 0.3) is 16.4 Å². The summed E-state index contributed by atoms with van der Waals surface area (Å²) >= 11 is 0. The van der Waals surface area contributed by atoms with Gasteiger partial charge in [0.1, 0.15) is 5.69 Å². The van der Waals surface area contributed by atoms with Crippen LogP contribution in [0.1, 0.15) is 46.4 Å². The van der Waals surface area contributed by atoms with Gasteiger partial charge >= 0.3 is 6.18 Å². The molecule has 1 aliphatic heterocycles. The lowest BCUT2D eigenvalue weighted by atomic mass is 9.93. The van der Waals surface area contributed by atoms with Gasteiger partial charge in [-0.15, -0.1) is 0 Å². The van der Waals surface area contributed by atoms with E-state index >= 15 is 0 Å².